The van der Waals surface area contributed by atoms with Gasteiger partial charge >= 0.3 is 0 Å². The molecule has 2 aromatic rings. The molecular weight excluding hydrogens is 296 g/mol. The van der Waals surface area contributed by atoms with E-state index in [4.69, 9.17) is 11.6 Å². The van der Waals surface area contributed by atoms with E-state index in [-0.39, 0.29) is 16.3 Å². The van der Waals surface area contributed by atoms with E-state index < -0.39 is 10.8 Å². The summed E-state index contributed by atoms with van der Waals surface area (Å²) in [5.74, 6) is -0.522. The van der Waals surface area contributed by atoms with Gasteiger partial charge in [0.05, 0.1) is 4.92 Å². The molecule has 0 saturated heterocycles. The molecule has 110 valence electrons. The minimum absolute atomic E-state index is 0.0440. The van der Waals surface area contributed by atoms with Crippen LogP contribution in [-0.4, -0.2) is 27.2 Å². The molecule has 1 amide bonds. The molecule has 0 bridgehead atoms. The number of nitro groups is 1. The van der Waals surface area contributed by atoms with Gasteiger partial charge in [-0.15, -0.1) is 0 Å². The van der Waals surface area contributed by atoms with E-state index >= 15 is 0 Å². The van der Waals surface area contributed by atoms with Crippen molar-refractivity contribution in [1.29, 1.82) is 0 Å². The van der Waals surface area contributed by atoms with Crippen molar-refractivity contribution in [3.05, 3.63) is 56.9 Å². The van der Waals surface area contributed by atoms with Crippen molar-refractivity contribution < 1.29 is 9.72 Å². The van der Waals surface area contributed by atoms with Crippen LogP contribution in [0, 0.1) is 10.1 Å². The minimum atomic E-state index is -0.605. The van der Waals surface area contributed by atoms with Crippen molar-refractivity contribution in [3.8, 4) is 0 Å². The van der Waals surface area contributed by atoms with Crippen molar-refractivity contribution in [3.63, 3.8) is 0 Å². The van der Waals surface area contributed by atoms with Gasteiger partial charge in [0.25, 0.3) is 11.6 Å². The lowest BCUT2D eigenvalue weighted by molar-refractivity contribution is -0.385. The van der Waals surface area contributed by atoms with Crippen LogP contribution in [0.2, 0.25) is 5.02 Å². The van der Waals surface area contributed by atoms with Crippen LogP contribution in [0.15, 0.2) is 30.5 Å². The lowest BCUT2D eigenvalue weighted by Crippen LogP contribution is -2.26. The summed E-state index contributed by atoms with van der Waals surface area (Å²) in [4.78, 5) is 22.3. The van der Waals surface area contributed by atoms with E-state index in [0.717, 1.165) is 5.69 Å². The molecule has 0 aliphatic rings. The van der Waals surface area contributed by atoms with Crippen LogP contribution in [0.5, 0.6) is 0 Å². The Kier molecular flexibility index (Phi) is 4.54. The Hall–Kier alpha value is -2.41. The summed E-state index contributed by atoms with van der Waals surface area (Å²) in [6.07, 6.45) is 2.25. The van der Waals surface area contributed by atoms with E-state index in [2.05, 4.69) is 10.4 Å². The number of benzene rings is 1. The third-order valence-electron chi connectivity index (χ3n) is 2.99. The molecule has 8 heteroatoms. The summed E-state index contributed by atoms with van der Waals surface area (Å²) >= 11 is 5.79. The Morgan fingerprint density at radius 3 is 2.86 bits per heavy atom. The van der Waals surface area contributed by atoms with Crippen molar-refractivity contribution >= 4 is 23.2 Å². The molecule has 0 aliphatic heterocycles. The number of amides is 1. The van der Waals surface area contributed by atoms with Crippen LogP contribution in [0.3, 0.4) is 0 Å². The van der Waals surface area contributed by atoms with Crippen LogP contribution in [0.4, 0.5) is 5.69 Å². The number of hydrogen-bond acceptors (Lipinski definition) is 4. The van der Waals surface area contributed by atoms with Gasteiger partial charge in [0.15, 0.2) is 0 Å². The fourth-order valence-corrected chi connectivity index (χ4v) is 2.07. The fraction of sp³-hybridized carbons (Fsp3) is 0.231. The smallest absolute Gasteiger partial charge is 0.282 e. The molecule has 0 radical (unpaired) electrons. The first kappa shape index (κ1) is 15.0. The normalized spacial score (nSPS) is 10.4. The van der Waals surface area contributed by atoms with Gasteiger partial charge in [0.1, 0.15) is 5.56 Å². The third kappa shape index (κ3) is 3.57. The van der Waals surface area contributed by atoms with E-state index in [1.807, 2.05) is 6.07 Å². The van der Waals surface area contributed by atoms with Gasteiger partial charge in [-0.2, -0.15) is 5.10 Å². The van der Waals surface area contributed by atoms with Crippen molar-refractivity contribution in [2.45, 2.75) is 6.42 Å². The van der Waals surface area contributed by atoms with Gasteiger partial charge in [-0.3, -0.25) is 19.6 Å². The lowest BCUT2D eigenvalue weighted by atomic mass is 10.1. The second kappa shape index (κ2) is 6.36. The van der Waals surface area contributed by atoms with Crippen LogP contribution in [0.1, 0.15) is 16.1 Å². The molecule has 0 fully saturated rings. The standard InChI is InChI=1S/C13H13ClN4O3/c1-17-10(5-7-16-17)4-6-15-13(19)11-8-9(14)2-3-12(11)18(20)21/h2-3,5,7-8H,4,6H2,1H3,(H,15,19). The fourth-order valence-electron chi connectivity index (χ4n) is 1.90. The molecule has 21 heavy (non-hydrogen) atoms. The number of aromatic nitrogens is 2. The van der Waals surface area contributed by atoms with Crippen molar-refractivity contribution in [1.82, 2.24) is 15.1 Å². The molecule has 1 N–H and O–H groups in total. The van der Waals surface area contributed by atoms with Gasteiger partial charge in [-0.05, 0) is 18.2 Å². The van der Waals surface area contributed by atoms with Gasteiger partial charge in [0.2, 0.25) is 0 Å². The van der Waals surface area contributed by atoms with Gasteiger partial charge in [-0.1, -0.05) is 11.6 Å². The predicted octanol–water partition coefficient (Wildman–Crippen LogP) is 1.95. The molecule has 2 rings (SSSR count). The number of carbonyl (C=O) groups is 1. The molecule has 1 heterocycles. The highest BCUT2D eigenvalue weighted by Gasteiger charge is 2.20. The average Bonchev–Trinajstić information content (AvgIpc) is 2.84. The monoisotopic (exact) mass is 308 g/mol. The van der Waals surface area contributed by atoms with Gasteiger partial charge in [0, 0.05) is 43.0 Å². The number of nitrogens with zero attached hydrogens (tertiary/aromatic N) is 3. The SMILES string of the molecule is Cn1nccc1CCNC(=O)c1cc(Cl)ccc1[N+](=O)[O-]. The largest absolute Gasteiger partial charge is 0.351 e. The zero-order valence-corrected chi connectivity index (χ0v) is 12.0. The first-order valence-corrected chi connectivity index (χ1v) is 6.56. The maximum Gasteiger partial charge on any atom is 0.282 e. The van der Waals surface area contributed by atoms with Crippen LogP contribution < -0.4 is 5.32 Å². The highest BCUT2D eigenvalue weighted by Crippen LogP contribution is 2.22. The van der Waals surface area contributed by atoms with Crippen molar-refractivity contribution in [2.24, 2.45) is 7.05 Å². The van der Waals surface area contributed by atoms with E-state index in [9.17, 15) is 14.9 Å². The Balaban J connectivity index is 2.05. The average molecular weight is 309 g/mol. The number of hydrogen-bond donors (Lipinski definition) is 1. The maximum atomic E-state index is 12.0. The number of aryl methyl sites for hydroxylation is 1. The van der Waals surface area contributed by atoms with Crippen molar-refractivity contribution in [2.75, 3.05) is 6.54 Å². The number of rotatable bonds is 5. The summed E-state index contributed by atoms with van der Waals surface area (Å²) in [7, 11) is 1.80. The third-order valence-corrected chi connectivity index (χ3v) is 3.22. The predicted molar refractivity (Wildman–Crippen MR) is 77.4 cm³/mol. The van der Waals surface area contributed by atoms with E-state index in [1.165, 1.54) is 18.2 Å². The Bertz CT molecular complexity index is 684. The number of nitrogens with one attached hydrogen (secondary N) is 1. The van der Waals surface area contributed by atoms with Crippen LogP contribution in [0.25, 0.3) is 0 Å². The zero-order valence-electron chi connectivity index (χ0n) is 11.2. The van der Waals surface area contributed by atoms with Crippen LogP contribution in [-0.2, 0) is 13.5 Å². The van der Waals surface area contributed by atoms with Gasteiger partial charge in [-0.25, -0.2) is 0 Å². The molecule has 1 aromatic heterocycles. The molecule has 0 atom stereocenters. The summed E-state index contributed by atoms with van der Waals surface area (Å²) in [6.45, 7) is 0.349. The molecule has 1 aromatic carbocycles. The Morgan fingerprint density at radius 2 is 2.24 bits per heavy atom. The topological polar surface area (TPSA) is 90.1 Å². The quantitative estimate of drug-likeness (QED) is 0.675. The molecule has 0 spiro atoms. The number of halogens is 1. The highest BCUT2D eigenvalue weighted by molar-refractivity contribution is 6.31. The lowest BCUT2D eigenvalue weighted by Gasteiger charge is -2.06. The maximum absolute atomic E-state index is 12.0. The summed E-state index contributed by atoms with van der Waals surface area (Å²) in [5.41, 5.74) is 0.644. The first-order chi connectivity index (χ1) is 9.99. The summed E-state index contributed by atoms with van der Waals surface area (Å²) in [5, 5.41) is 17.9. The molecular formula is C13H13ClN4O3. The highest BCUT2D eigenvalue weighted by atomic mass is 35.5. The minimum Gasteiger partial charge on any atom is -0.351 e. The van der Waals surface area contributed by atoms with E-state index in [1.54, 1.807) is 17.9 Å². The summed E-state index contributed by atoms with van der Waals surface area (Å²) in [6, 6.07) is 5.73. The van der Waals surface area contributed by atoms with Crippen LogP contribution >= 0.6 is 11.6 Å². The van der Waals surface area contributed by atoms with E-state index in [0.29, 0.717) is 13.0 Å². The molecule has 7 nitrogen and oxygen atoms in total. The number of nitro benzene ring substituents is 1. The zero-order chi connectivity index (χ0) is 15.4. The Morgan fingerprint density at radius 1 is 1.48 bits per heavy atom. The van der Waals surface area contributed by atoms with Gasteiger partial charge < -0.3 is 5.32 Å². The molecule has 0 aliphatic carbocycles. The second-order valence-electron chi connectivity index (χ2n) is 4.37. The molecule has 0 unspecified atom stereocenters. The summed E-state index contributed by atoms with van der Waals surface area (Å²) < 4.78 is 1.70. The number of carbonyl (C=O) groups excluding carboxylic acids is 1. The molecule has 0 saturated carbocycles. The second-order valence-corrected chi connectivity index (χ2v) is 4.81. The Labute approximate surface area is 125 Å². The first-order valence-electron chi connectivity index (χ1n) is 6.18.